The SMILES string of the molecule is CCC(C)CN(C)C1CCCCC1C#N. The Labute approximate surface area is 94.3 Å². The van der Waals surface area contributed by atoms with Crippen LogP contribution >= 0.6 is 0 Å². The van der Waals surface area contributed by atoms with Crippen molar-refractivity contribution in [2.75, 3.05) is 13.6 Å². The molecule has 3 unspecified atom stereocenters. The smallest absolute Gasteiger partial charge is 0.0672 e. The van der Waals surface area contributed by atoms with E-state index in [9.17, 15) is 0 Å². The molecular weight excluding hydrogens is 184 g/mol. The lowest BCUT2D eigenvalue weighted by Crippen LogP contribution is -2.41. The summed E-state index contributed by atoms with van der Waals surface area (Å²) < 4.78 is 0. The third-order valence-electron chi connectivity index (χ3n) is 3.76. The normalized spacial score (nSPS) is 28.7. The van der Waals surface area contributed by atoms with E-state index in [1.165, 1.54) is 25.7 Å². The van der Waals surface area contributed by atoms with Crippen molar-refractivity contribution in [1.82, 2.24) is 4.90 Å². The van der Waals surface area contributed by atoms with Crippen LogP contribution in [0.4, 0.5) is 0 Å². The van der Waals surface area contributed by atoms with E-state index in [-0.39, 0.29) is 5.92 Å². The quantitative estimate of drug-likeness (QED) is 0.710. The van der Waals surface area contributed by atoms with Crippen LogP contribution in [0.2, 0.25) is 0 Å². The molecule has 15 heavy (non-hydrogen) atoms. The van der Waals surface area contributed by atoms with Gasteiger partial charge in [0.05, 0.1) is 12.0 Å². The van der Waals surface area contributed by atoms with Crippen LogP contribution in [-0.2, 0) is 0 Å². The first-order chi connectivity index (χ1) is 7.19. The Morgan fingerprint density at radius 1 is 1.40 bits per heavy atom. The van der Waals surface area contributed by atoms with E-state index >= 15 is 0 Å². The molecule has 0 radical (unpaired) electrons. The van der Waals surface area contributed by atoms with Gasteiger partial charge in [0.15, 0.2) is 0 Å². The molecule has 0 heterocycles. The zero-order valence-corrected chi connectivity index (χ0v) is 10.4. The maximum atomic E-state index is 9.12. The third kappa shape index (κ3) is 3.50. The molecule has 0 aromatic carbocycles. The summed E-state index contributed by atoms with van der Waals surface area (Å²) in [5, 5.41) is 9.12. The molecule has 0 saturated heterocycles. The van der Waals surface area contributed by atoms with Gasteiger partial charge in [0.1, 0.15) is 0 Å². The maximum absolute atomic E-state index is 9.12. The molecule has 0 amide bonds. The van der Waals surface area contributed by atoms with E-state index in [0.717, 1.165) is 18.9 Å². The Bertz CT molecular complexity index is 219. The number of rotatable bonds is 4. The molecule has 0 aromatic heterocycles. The van der Waals surface area contributed by atoms with E-state index in [1.54, 1.807) is 0 Å². The average molecular weight is 208 g/mol. The first-order valence-electron chi connectivity index (χ1n) is 6.28. The lowest BCUT2D eigenvalue weighted by atomic mass is 9.84. The summed E-state index contributed by atoms with van der Waals surface area (Å²) >= 11 is 0. The molecule has 1 saturated carbocycles. The van der Waals surface area contributed by atoms with E-state index in [0.29, 0.717) is 6.04 Å². The highest BCUT2D eigenvalue weighted by atomic mass is 15.1. The molecule has 0 bridgehead atoms. The van der Waals surface area contributed by atoms with Crippen molar-refractivity contribution in [3.63, 3.8) is 0 Å². The number of nitrogens with zero attached hydrogens (tertiary/aromatic N) is 2. The highest BCUT2D eigenvalue weighted by Gasteiger charge is 2.28. The second-order valence-corrected chi connectivity index (χ2v) is 5.04. The van der Waals surface area contributed by atoms with Gasteiger partial charge >= 0.3 is 0 Å². The summed E-state index contributed by atoms with van der Waals surface area (Å²) in [5.74, 6) is 1.02. The fourth-order valence-corrected chi connectivity index (χ4v) is 2.55. The topological polar surface area (TPSA) is 27.0 Å². The molecule has 2 heteroatoms. The van der Waals surface area contributed by atoms with Crippen LogP contribution in [0.3, 0.4) is 0 Å². The minimum Gasteiger partial charge on any atom is -0.302 e. The molecule has 1 rings (SSSR count). The van der Waals surface area contributed by atoms with Crippen LogP contribution in [0.5, 0.6) is 0 Å². The van der Waals surface area contributed by atoms with Gasteiger partial charge in [-0.15, -0.1) is 0 Å². The zero-order valence-electron chi connectivity index (χ0n) is 10.4. The molecule has 0 spiro atoms. The summed E-state index contributed by atoms with van der Waals surface area (Å²) in [4.78, 5) is 2.42. The molecule has 1 aliphatic carbocycles. The predicted octanol–water partition coefficient (Wildman–Crippen LogP) is 3.05. The minimum atomic E-state index is 0.271. The Hall–Kier alpha value is -0.550. The number of nitriles is 1. The Balaban J connectivity index is 2.49. The summed E-state index contributed by atoms with van der Waals surface area (Å²) in [6, 6.07) is 3.00. The summed E-state index contributed by atoms with van der Waals surface area (Å²) in [6.45, 7) is 5.67. The molecule has 1 fully saturated rings. The van der Waals surface area contributed by atoms with E-state index in [1.807, 2.05) is 0 Å². The molecule has 0 N–H and O–H groups in total. The van der Waals surface area contributed by atoms with Crippen molar-refractivity contribution in [3.05, 3.63) is 0 Å². The van der Waals surface area contributed by atoms with Crippen LogP contribution in [-0.4, -0.2) is 24.5 Å². The zero-order chi connectivity index (χ0) is 11.3. The van der Waals surface area contributed by atoms with Gasteiger partial charge in [-0.25, -0.2) is 0 Å². The summed E-state index contributed by atoms with van der Waals surface area (Å²) in [6.07, 6.45) is 6.09. The highest BCUT2D eigenvalue weighted by molar-refractivity contribution is 4.95. The lowest BCUT2D eigenvalue weighted by Gasteiger charge is -2.35. The van der Waals surface area contributed by atoms with Gasteiger partial charge in [-0.3, -0.25) is 0 Å². The highest BCUT2D eigenvalue weighted by Crippen LogP contribution is 2.27. The van der Waals surface area contributed by atoms with Crippen molar-refractivity contribution in [2.24, 2.45) is 11.8 Å². The Kier molecular flexibility index (Phi) is 5.11. The van der Waals surface area contributed by atoms with Crippen molar-refractivity contribution in [2.45, 2.75) is 52.0 Å². The van der Waals surface area contributed by atoms with Crippen LogP contribution < -0.4 is 0 Å². The fraction of sp³-hybridized carbons (Fsp3) is 0.923. The van der Waals surface area contributed by atoms with Crippen LogP contribution in [0.15, 0.2) is 0 Å². The molecule has 1 aliphatic rings. The molecule has 0 aromatic rings. The monoisotopic (exact) mass is 208 g/mol. The van der Waals surface area contributed by atoms with Crippen molar-refractivity contribution in [1.29, 1.82) is 5.26 Å². The van der Waals surface area contributed by atoms with Crippen LogP contribution in [0.25, 0.3) is 0 Å². The van der Waals surface area contributed by atoms with Gasteiger partial charge in [0.25, 0.3) is 0 Å². The number of hydrogen-bond donors (Lipinski definition) is 0. The van der Waals surface area contributed by atoms with Crippen molar-refractivity contribution < 1.29 is 0 Å². The van der Waals surface area contributed by atoms with Gasteiger partial charge < -0.3 is 4.90 Å². The minimum absolute atomic E-state index is 0.271. The average Bonchev–Trinajstić information content (AvgIpc) is 2.28. The molecular formula is C13H24N2. The second-order valence-electron chi connectivity index (χ2n) is 5.04. The van der Waals surface area contributed by atoms with Crippen molar-refractivity contribution >= 4 is 0 Å². The Morgan fingerprint density at radius 2 is 2.07 bits per heavy atom. The molecule has 2 nitrogen and oxygen atoms in total. The van der Waals surface area contributed by atoms with E-state index < -0.39 is 0 Å². The second kappa shape index (κ2) is 6.12. The molecule has 0 aliphatic heterocycles. The molecule has 86 valence electrons. The Morgan fingerprint density at radius 3 is 2.67 bits per heavy atom. The van der Waals surface area contributed by atoms with Gasteiger partial charge in [-0.2, -0.15) is 5.26 Å². The maximum Gasteiger partial charge on any atom is 0.0672 e. The predicted molar refractivity (Wildman–Crippen MR) is 63.4 cm³/mol. The first kappa shape index (κ1) is 12.5. The van der Waals surface area contributed by atoms with Gasteiger partial charge in [0, 0.05) is 12.6 Å². The third-order valence-corrected chi connectivity index (χ3v) is 3.76. The van der Waals surface area contributed by atoms with Crippen molar-refractivity contribution in [3.8, 4) is 6.07 Å². The van der Waals surface area contributed by atoms with E-state index in [2.05, 4.69) is 31.9 Å². The standard InChI is InChI=1S/C13H24N2/c1-4-11(2)10-15(3)13-8-6-5-7-12(13)9-14/h11-13H,4-8,10H2,1-3H3. The largest absolute Gasteiger partial charge is 0.302 e. The summed E-state index contributed by atoms with van der Waals surface area (Å²) in [5.41, 5.74) is 0. The number of hydrogen-bond acceptors (Lipinski definition) is 2. The first-order valence-corrected chi connectivity index (χ1v) is 6.28. The summed E-state index contributed by atoms with van der Waals surface area (Å²) in [7, 11) is 2.19. The van der Waals surface area contributed by atoms with Gasteiger partial charge in [-0.1, -0.05) is 33.1 Å². The van der Waals surface area contributed by atoms with Gasteiger partial charge in [0.2, 0.25) is 0 Å². The van der Waals surface area contributed by atoms with Crippen LogP contribution in [0, 0.1) is 23.2 Å². The van der Waals surface area contributed by atoms with Gasteiger partial charge in [-0.05, 0) is 25.8 Å². The van der Waals surface area contributed by atoms with E-state index in [4.69, 9.17) is 5.26 Å². The lowest BCUT2D eigenvalue weighted by molar-refractivity contribution is 0.139. The fourth-order valence-electron chi connectivity index (χ4n) is 2.55. The van der Waals surface area contributed by atoms with Crippen LogP contribution in [0.1, 0.15) is 46.0 Å². The molecule has 3 atom stereocenters.